The molecule has 2 amide bonds. The Balaban J connectivity index is 1.87. The van der Waals surface area contributed by atoms with Gasteiger partial charge < -0.3 is 10.2 Å². The molecule has 1 N–H and O–H groups in total. The molecule has 0 aromatic heterocycles. The molecule has 0 aliphatic carbocycles. The van der Waals surface area contributed by atoms with E-state index in [4.69, 9.17) is 34.8 Å². The summed E-state index contributed by atoms with van der Waals surface area (Å²) in [7, 11) is -4.64. The van der Waals surface area contributed by atoms with Crippen LogP contribution in [0.15, 0.2) is 95.9 Å². The minimum atomic E-state index is -4.92. The van der Waals surface area contributed by atoms with Gasteiger partial charge >= 0.3 is 6.18 Å². The van der Waals surface area contributed by atoms with E-state index in [0.29, 0.717) is 34.5 Å². The van der Waals surface area contributed by atoms with Gasteiger partial charge in [0.2, 0.25) is 11.8 Å². The van der Waals surface area contributed by atoms with Gasteiger partial charge in [-0.25, -0.2) is 8.42 Å². The number of sulfonamides is 1. The average molecular weight is 755 g/mol. The van der Waals surface area contributed by atoms with Crippen molar-refractivity contribution in [3.05, 3.63) is 128 Å². The summed E-state index contributed by atoms with van der Waals surface area (Å²) < 4.78 is 70.8. The van der Waals surface area contributed by atoms with E-state index in [1.165, 1.54) is 41.3 Å². The molecule has 14 heteroatoms. The number of nitrogens with one attached hydrogen (secondary N) is 1. The minimum absolute atomic E-state index is 0.0489. The lowest BCUT2D eigenvalue weighted by molar-refractivity contribution is -0.140. The molecule has 0 bridgehead atoms. The third-order valence-corrected chi connectivity index (χ3v) is 10.4. The zero-order valence-electron chi connectivity index (χ0n) is 26.5. The zero-order valence-corrected chi connectivity index (χ0v) is 29.6. The average Bonchev–Trinajstić information content (AvgIpc) is 3.06. The van der Waals surface area contributed by atoms with Crippen molar-refractivity contribution in [2.24, 2.45) is 0 Å². The molecular weight excluding hydrogens is 722 g/mol. The van der Waals surface area contributed by atoms with E-state index in [-0.39, 0.29) is 27.9 Å². The first kappa shape index (κ1) is 38.0. The van der Waals surface area contributed by atoms with E-state index in [0.717, 1.165) is 17.7 Å². The number of carbonyl (C=O) groups excluding carboxylic acids is 2. The van der Waals surface area contributed by atoms with Crippen molar-refractivity contribution in [2.45, 2.75) is 50.3 Å². The van der Waals surface area contributed by atoms with E-state index in [1.54, 1.807) is 43.3 Å². The number of amides is 2. The summed E-state index contributed by atoms with van der Waals surface area (Å²) in [6.45, 7) is 2.74. The van der Waals surface area contributed by atoms with Gasteiger partial charge in [0.15, 0.2) is 0 Å². The topological polar surface area (TPSA) is 86.8 Å². The number of halogens is 6. The fourth-order valence-corrected chi connectivity index (χ4v) is 6.96. The maximum Gasteiger partial charge on any atom is 0.417 e. The van der Waals surface area contributed by atoms with E-state index in [9.17, 15) is 31.2 Å². The molecule has 4 rings (SSSR count). The Bertz CT molecular complexity index is 1890. The van der Waals surface area contributed by atoms with Crippen LogP contribution < -0.4 is 9.62 Å². The molecule has 0 saturated carbocycles. The van der Waals surface area contributed by atoms with Crippen LogP contribution in [0.4, 0.5) is 18.9 Å². The van der Waals surface area contributed by atoms with Crippen LogP contribution in [0.3, 0.4) is 0 Å². The molecule has 1 atom stereocenters. The smallest absolute Gasteiger partial charge is 0.354 e. The molecule has 0 spiro atoms. The van der Waals surface area contributed by atoms with Gasteiger partial charge in [0.05, 0.1) is 31.2 Å². The van der Waals surface area contributed by atoms with Crippen LogP contribution in [0.5, 0.6) is 0 Å². The van der Waals surface area contributed by atoms with Gasteiger partial charge in [-0.1, -0.05) is 95.8 Å². The second-order valence-corrected chi connectivity index (χ2v) is 14.3. The van der Waals surface area contributed by atoms with Gasteiger partial charge in [-0.05, 0) is 66.9 Å². The van der Waals surface area contributed by atoms with Crippen LogP contribution in [-0.2, 0) is 38.8 Å². The highest BCUT2D eigenvalue weighted by atomic mass is 35.5. The Kier molecular flexibility index (Phi) is 12.6. The van der Waals surface area contributed by atoms with Gasteiger partial charge in [-0.15, -0.1) is 0 Å². The molecule has 1 unspecified atom stereocenters. The van der Waals surface area contributed by atoms with Crippen molar-refractivity contribution >= 4 is 62.3 Å². The Morgan fingerprint density at radius 3 is 2.10 bits per heavy atom. The monoisotopic (exact) mass is 753 g/mol. The van der Waals surface area contributed by atoms with Crippen molar-refractivity contribution < 1.29 is 31.2 Å². The molecule has 0 aliphatic rings. The van der Waals surface area contributed by atoms with E-state index in [1.807, 2.05) is 6.92 Å². The fraction of sp³-hybridized carbons (Fsp3) is 0.257. The number of hydrogen-bond acceptors (Lipinski definition) is 4. The van der Waals surface area contributed by atoms with Crippen molar-refractivity contribution in [1.29, 1.82) is 0 Å². The summed E-state index contributed by atoms with van der Waals surface area (Å²) in [4.78, 5) is 29.2. The molecule has 0 saturated heterocycles. The van der Waals surface area contributed by atoms with E-state index >= 15 is 0 Å². The Morgan fingerprint density at radius 2 is 1.49 bits per heavy atom. The number of hydrogen-bond donors (Lipinski definition) is 1. The van der Waals surface area contributed by atoms with E-state index < -0.39 is 56.9 Å². The van der Waals surface area contributed by atoms with Crippen LogP contribution >= 0.6 is 34.8 Å². The van der Waals surface area contributed by atoms with Crippen molar-refractivity contribution in [1.82, 2.24) is 10.2 Å². The Labute approximate surface area is 298 Å². The predicted octanol–water partition coefficient (Wildman–Crippen LogP) is 8.34. The van der Waals surface area contributed by atoms with Crippen LogP contribution in [0.25, 0.3) is 0 Å². The van der Waals surface area contributed by atoms with Crippen LogP contribution in [0, 0.1) is 6.92 Å². The number of alkyl halides is 3. The number of nitrogens with zero attached hydrogens (tertiary/aromatic N) is 2. The lowest BCUT2D eigenvalue weighted by Gasteiger charge is -2.34. The molecule has 0 radical (unpaired) electrons. The third-order valence-electron chi connectivity index (χ3n) is 7.59. The van der Waals surface area contributed by atoms with Crippen LogP contribution in [0.2, 0.25) is 15.1 Å². The quantitative estimate of drug-likeness (QED) is 0.149. The summed E-state index contributed by atoms with van der Waals surface area (Å²) in [6.07, 6.45) is -4.27. The van der Waals surface area contributed by atoms with Crippen molar-refractivity contribution in [3.63, 3.8) is 0 Å². The Hall–Kier alpha value is -3.77. The molecule has 0 fully saturated rings. The summed E-state index contributed by atoms with van der Waals surface area (Å²) >= 11 is 18.3. The standard InChI is InChI=1S/C35H33Cl3F3N3O4S/c1-3-17-42-34(46)32(19-24-7-5-4-6-8-24)43(21-25-11-15-30(37)31(38)18-25)33(45)22-44(49(47,48)27-13-9-23(2)10-14-27)26-12-16-29(36)28(20-26)35(39,40)41/h4-16,18,20,32H,3,17,19,21-22H2,1-2H3,(H,42,46). The van der Waals surface area contributed by atoms with Gasteiger partial charge in [0.1, 0.15) is 12.6 Å². The van der Waals surface area contributed by atoms with Crippen molar-refractivity contribution in [3.8, 4) is 0 Å². The maximum absolute atomic E-state index is 14.5. The highest BCUT2D eigenvalue weighted by Gasteiger charge is 2.37. The normalized spacial score (nSPS) is 12.3. The second kappa shape index (κ2) is 16.3. The molecule has 0 heterocycles. The molecule has 0 aliphatic heterocycles. The SMILES string of the molecule is CCCNC(=O)C(Cc1ccccc1)N(Cc1ccc(Cl)c(Cl)c1)C(=O)CN(c1ccc(Cl)c(C(F)(F)F)c1)S(=O)(=O)c1ccc(C)cc1. The first-order valence-electron chi connectivity index (χ1n) is 15.1. The molecule has 49 heavy (non-hydrogen) atoms. The number of aryl methyl sites for hydroxylation is 1. The highest BCUT2D eigenvalue weighted by molar-refractivity contribution is 7.92. The number of carbonyl (C=O) groups is 2. The van der Waals surface area contributed by atoms with Crippen LogP contribution in [-0.4, -0.2) is 44.3 Å². The summed E-state index contributed by atoms with van der Waals surface area (Å²) in [5.41, 5.74) is 0.194. The lowest BCUT2D eigenvalue weighted by atomic mass is 10.0. The lowest BCUT2D eigenvalue weighted by Crippen LogP contribution is -2.53. The summed E-state index contributed by atoms with van der Waals surface area (Å²) in [5, 5.41) is 2.61. The van der Waals surface area contributed by atoms with Crippen LogP contribution in [0.1, 0.15) is 35.6 Å². The van der Waals surface area contributed by atoms with Crippen molar-refractivity contribution in [2.75, 3.05) is 17.4 Å². The minimum Gasteiger partial charge on any atom is -0.354 e. The largest absolute Gasteiger partial charge is 0.417 e. The molecule has 7 nitrogen and oxygen atoms in total. The predicted molar refractivity (Wildman–Crippen MR) is 186 cm³/mol. The summed E-state index contributed by atoms with van der Waals surface area (Å²) in [5.74, 6) is -1.37. The van der Waals surface area contributed by atoms with Gasteiger partial charge in [-0.3, -0.25) is 13.9 Å². The summed E-state index contributed by atoms with van der Waals surface area (Å²) in [6, 6.07) is 20.6. The zero-order chi connectivity index (χ0) is 35.9. The second-order valence-electron chi connectivity index (χ2n) is 11.3. The number of rotatable bonds is 13. The fourth-order valence-electron chi connectivity index (χ4n) is 5.01. The first-order valence-corrected chi connectivity index (χ1v) is 17.7. The maximum atomic E-state index is 14.5. The Morgan fingerprint density at radius 1 is 0.837 bits per heavy atom. The van der Waals surface area contributed by atoms with E-state index in [2.05, 4.69) is 5.32 Å². The molecule has 260 valence electrons. The molecule has 4 aromatic carbocycles. The third kappa shape index (κ3) is 9.69. The molecule has 4 aromatic rings. The van der Waals surface area contributed by atoms with Gasteiger partial charge in [-0.2, -0.15) is 13.2 Å². The first-order chi connectivity index (χ1) is 23.1. The molecular formula is C35H33Cl3F3N3O4S. The highest BCUT2D eigenvalue weighted by Crippen LogP contribution is 2.38. The van der Waals surface area contributed by atoms with Gasteiger partial charge in [0.25, 0.3) is 10.0 Å². The number of benzene rings is 4. The van der Waals surface area contributed by atoms with Gasteiger partial charge in [0, 0.05) is 19.5 Å². The number of anilines is 1.